The zero-order chi connectivity index (χ0) is 34.5. The fourth-order valence-corrected chi connectivity index (χ4v) is 7.19. The normalized spacial score (nSPS) is 12.6. The fourth-order valence-electron chi connectivity index (χ4n) is 7.19. The minimum Gasteiger partial charge on any atom is -0.486 e. The zero-order valence-corrected chi connectivity index (χ0v) is 28.8. The van der Waals surface area contributed by atoms with E-state index < -0.39 is 5.41 Å². The molecule has 1 aliphatic rings. The molecule has 7 aromatic rings. The molecule has 5 heteroatoms. The molecular weight excluding hydrogens is 631 g/mol. The minimum absolute atomic E-state index is 0.382. The molecule has 0 saturated carbocycles. The van der Waals surface area contributed by atoms with E-state index in [1.54, 1.807) is 12.5 Å². The van der Waals surface area contributed by atoms with Gasteiger partial charge in [-0.3, -0.25) is 0 Å². The lowest BCUT2D eigenvalue weighted by molar-refractivity contribution is 0.270. The molecule has 1 aliphatic carbocycles. The molecule has 0 radical (unpaired) electrons. The highest BCUT2D eigenvalue weighted by atomic mass is 16.5. The highest BCUT2D eigenvalue weighted by Gasteiger charge is 2.32. The van der Waals surface area contributed by atoms with Crippen molar-refractivity contribution in [2.24, 2.45) is 0 Å². The van der Waals surface area contributed by atoms with Crippen LogP contribution in [0.4, 0.5) is 17.1 Å². The smallest absolute Gasteiger partial charge is 0.146 e. The molecule has 0 fully saturated rings. The van der Waals surface area contributed by atoms with Crippen LogP contribution in [0.5, 0.6) is 11.5 Å². The molecule has 5 nitrogen and oxygen atoms in total. The van der Waals surface area contributed by atoms with Crippen LogP contribution < -0.4 is 14.4 Å². The van der Waals surface area contributed by atoms with Gasteiger partial charge in [0.15, 0.2) is 0 Å². The number of rotatable bonds is 12. The molecule has 0 spiro atoms. The monoisotopic (exact) mass is 671 g/mol. The van der Waals surface area contributed by atoms with Crippen LogP contribution in [0.3, 0.4) is 0 Å². The largest absolute Gasteiger partial charge is 0.486 e. The van der Waals surface area contributed by atoms with Crippen molar-refractivity contribution in [3.63, 3.8) is 0 Å². The van der Waals surface area contributed by atoms with Crippen LogP contribution >= 0.6 is 0 Å². The van der Waals surface area contributed by atoms with E-state index >= 15 is 0 Å². The van der Waals surface area contributed by atoms with Gasteiger partial charge in [-0.15, -0.1) is 0 Å². The number of hydrogen-bond acceptors (Lipinski definition) is 5. The number of furan rings is 2. The first kappa shape index (κ1) is 32.3. The fraction of sp³-hybridized carbons (Fsp3) is 0.174. The summed E-state index contributed by atoms with van der Waals surface area (Å²) in [7, 11) is 0. The summed E-state index contributed by atoms with van der Waals surface area (Å²) < 4.78 is 23.0. The average molecular weight is 672 g/mol. The maximum Gasteiger partial charge on any atom is 0.146 e. The van der Waals surface area contributed by atoms with Crippen LogP contribution in [-0.4, -0.2) is 0 Å². The molecule has 0 saturated heterocycles. The molecule has 8 rings (SSSR count). The summed E-state index contributed by atoms with van der Waals surface area (Å²) in [4.78, 5) is 2.37. The first-order chi connectivity index (χ1) is 25.1. The van der Waals surface area contributed by atoms with Crippen LogP contribution in [0.2, 0.25) is 0 Å². The van der Waals surface area contributed by atoms with Gasteiger partial charge in [-0.25, -0.2) is 0 Å². The summed E-state index contributed by atoms with van der Waals surface area (Å²) in [5.41, 5.74) is 9.41. The molecule has 254 valence electrons. The van der Waals surface area contributed by atoms with Crippen molar-refractivity contribution in [2.75, 3.05) is 4.90 Å². The van der Waals surface area contributed by atoms with Gasteiger partial charge < -0.3 is 23.2 Å². The quantitative estimate of drug-likeness (QED) is 0.121. The maximum absolute atomic E-state index is 6.04. The van der Waals surface area contributed by atoms with Crippen molar-refractivity contribution in [2.45, 2.75) is 51.2 Å². The van der Waals surface area contributed by atoms with E-state index in [0.29, 0.717) is 13.2 Å². The highest BCUT2D eigenvalue weighted by molar-refractivity contribution is 5.77. The first-order valence-corrected chi connectivity index (χ1v) is 17.7. The molecule has 0 atom stereocenters. The summed E-state index contributed by atoms with van der Waals surface area (Å²) in [5.74, 6) is 3.16. The number of para-hydroxylation sites is 1. The molecular formula is C46H41NO4. The third kappa shape index (κ3) is 6.93. The van der Waals surface area contributed by atoms with Gasteiger partial charge in [-0.05, 0) is 145 Å². The van der Waals surface area contributed by atoms with Gasteiger partial charge in [-0.2, -0.15) is 0 Å². The van der Waals surface area contributed by atoms with Crippen LogP contribution in [-0.2, 0) is 31.5 Å². The zero-order valence-electron chi connectivity index (χ0n) is 28.8. The lowest BCUT2D eigenvalue weighted by Gasteiger charge is -2.33. The topological polar surface area (TPSA) is 48.0 Å². The van der Waals surface area contributed by atoms with Crippen LogP contribution in [0.15, 0.2) is 167 Å². The Morgan fingerprint density at radius 3 is 1.53 bits per heavy atom. The van der Waals surface area contributed by atoms with E-state index in [1.165, 1.54) is 41.6 Å². The number of ether oxygens (including phenoxy) is 2. The first-order valence-electron chi connectivity index (χ1n) is 17.7. The SMILES string of the molecule is CC(c1ccc(OCc2ccco2)cc1)(c1ccc(OCc2ccco2)cc1)c1ccc(N(c2ccccc2)c2ccc3c(c2)CCCC3)cc1. The second-order valence-electron chi connectivity index (χ2n) is 13.3. The van der Waals surface area contributed by atoms with Gasteiger partial charge >= 0.3 is 0 Å². The predicted octanol–water partition coefficient (Wildman–Crippen LogP) is 11.7. The van der Waals surface area contributed by atoms with Crippen molar-refractivity contribution < 1.29 is 18.3 Å². The molecule has 51 heavy (non-hydrogen) atoms. The number of fused-ring (bicyclic) bond motifs is 1. The van der Waals surface area contributed by atoms with Crippen molar-refractivity contribution in [1.29, 1.82) is 0 Å². The molecule has 0 unspecified atom stereocenters. The summed E-state index contributed by atoms with van der Waals surface area (Å²) in [5, 5.41) is 0. The van der Waals surface area contributed by atoms with E-state index in [-0.39, 0.29) is 0 Å². The minimum atomic E-state index is -0.471. The molecule has 5 aromatic carbocycles. The molecule has 2 aromatic heterocycles. The Hall–Kier alpha value is -5.94. The standard InChI is InChI=1S/C46H41NO4/c1-46(37-18-25-42(26-19-37)50-32-44-13-7-29-48-44,38-20-27-43(28-21-38)51-33-45-14-8-30-49-45)36-16-23-40(24-17-36)47(39-11-3-2-4-12-39)41-22-15-34-9-5-6-10-35(34)31-41/h2-4,7-8,11-31H,5-6,9-10,32-33H2,1H3. The lowest BCUT2D eigenvalue weighted by Crippen LogP contribution is -2.25. The Kier molecular flexibility index (Phi) is 9.18. The number of nitrogens with zero attached hydrogens (tertiary/aromatic N) is 1. The molecule has 0 aliphatic heterocycles. The van der Waals surface area contributed by atoms with E-state index in [4.69, 9.17) is 18.3 Å². The number of aryl methyl sites for hydroxylation is 2. The second kappa shape index (κ2) is 14.5. The number of benzene rings is 5. The Labute approximate surface area is 299 Å². The average Bonchev–Trinajstić information content (AvgIpc) is 3.93. The van der Waals surface area contributed by atoms with Gasteiger partial charge in [0, 0.05) is 22.5 Å². The van der Waals surface area contributed by atoms with E-state index in [1.807, 2.05) is 48.5 Å². The van der Waals surface area contributed by atoms with Crippen molar-refractivity contribution in [3.05, 3.63) is 197 Å². The van der Waals surface area contributed by atoms with Gasteiger partial charge in [0.2, 0.25) is 0 Å². The molecule has 0 amide bonds. The predicted molar refractivity (Wildman–Crippen MR) is 202 cm³/mol. The van der Waals surface area contributed by atoms with Gasteiger partial charge in [-0.1, -0.05) is 60.7 Å². The van der Waals surface area contributed by atoms with Gasteiger partial charge in [0.25, 0.3) is 0 Å². The highest BCUT2D eigenvalue weighted by Crippen LogP contribution is 2.42. The molecule has 0 N–H and O–H groups in total. The Balaban J connectivity index is 1.14. The summed E-state index contributed by atoms with van der Waals surface area (Å²) in [6, 6.07) is 51.1. The van der Waals surface area contributed by atoms with E-state index in [9.17, 15) is 0 Å². The van der Waals surface area contributed by atoms with Gasteiger partial charge in [0.05, 0.1) is 12.5 Å². The van der Waals surface area contributed by atoms with E-state index in [2.05, 4.69) is 109 Å². The third-order valence-corrected chi connectivity index (χ3v) is 10.1. The van der Waals surface area contributed by atoms with Crippen LogP contribution in [0.1, 0.15) is 59.1 Å². The van der Waals surface area contributed by atoms with Crippen molar-refractivity contribution in [3.8, 4) is 11.5 Å². The lowest BCUT2D eigenvalue weighted by atomic mass is 9.71. The number of anilines is 3. The Morgan fingerprint density at radius 1 is 0.510 bits per heavy atom. The summed E-state index contributed by atoms with van der Waals surface area (Å²) >= 11 is 0. The maximum atomic E-state index is 6.04. The Morgan fingerprint density at radius 2 is 1.00 bits per heavy atom. The van der Waals surface area contributed by atoms with Crippen molar-refractivity contribution >= 4 is 17.1 Å². The Bertz CT molecular complexity index is 2050. The van der Waals surface area contributed by atoms with E-state index in [0.717, 1.165) is 51.9 Å². The van der Waals surface area contributed by atoms with Gasteiger partial charge in [0.1, 0.15) is 36.2 Å². The van der Waals surface area contributed by atoms with Crippen LogP contribution in [0.25, 0.3) is 0 Å². The third-order valence-electron chi connectivity index (χ3n) is 10.1. The molecule has 0 bridgehead atoms. The van der Waals surface area contributed by atoms with Crippen LogP contribution in [0, 0.1) is 0 Å². The summed E-state index contributed by atoms with van der Waals surface area (Å²) in [6.45, 7) is 3.05. The molecule has 2 heterocycles. The number of hydrogen-bond donors (Lipinski definition) is 0. The second-order valence-corrected chi connectivity index (χ2v) is 13.3. The summed E-state index contributed by atoms with van der Waals surface area (Å²) in [6.07, 6.45) is 8.17. The van der Waals surface area contributed by atoms with Crippen molar-refractivity contribution in [1.82, 2.24) is 0 Å².